The Labute approximate surface area is 145 Å². The summed E-state index contributed by atoms with van der Waals surface area (Å²) >= 11 is 0. The van der Waals surface area contributed by atoms with Crippen molar-refractivity contribution in [2.45, 2.75) is 45.3 Å². The van der Waals surface area contributed by atoms with Gasteiger partial charge in [0.25, 0.3) is 0 Å². The maximum atomic E-state index is 9.15. The highest BCUT2D eigenvalue weighted by atomic mass is 16.3. The number of nitrogens with zero attached hydrogens (tertiary/aromatic N) is 8. The molecule has 9 heteroatoms. The molecule has 0 atom stereocenters. The Morgan fingerprint density at radius 1 is 1.20 bits per heavy atom. The largest absolute Gasteiger partial charge is 0.394 e. The molecular formula is C16H22N8O. The lowest BCUT2D eigenvalue weighted by molar-refractivity contribution is 0.271. The molecule has 0 aromatic carbocycles. The molecule has 132 valence electrons. The van der Waals surface area contributed by atoms with Crippen molar-refractivity contribution in [2.24, 2.45) is 0 Å². The van der Waals surface area contributed by atoms with Crippen LogP contribution in [0.2, 0.25) is 0 Å². The summed E-state index contributed by atoms with van der Waals surface area (Å²) < 4.78 is 3.94. The van der Waals surface area contributed by atoms with Crippen molar-refractivity contribution >= 4 is 16.9 Å². The Morgan fingerprint density at radius 2 is 2.12 bits per heavy atom. The molecule has 9 nitrogen and oxygen atoms in total. The Bertz CT molecular complexity index is 870. The van der Waals surface area contributed by atoms with Crippen molar-refractivity contribution in [1.82, 2.24) is 34.5 Å². The van der Waals surface area contributed by atoms with Crippen molar-refractivity contribution in [2.75, 3.05) is 18.6 Å². The van der Waals surface area contributed by atoms with E-state index in [0.717, 1.165) is 41.5 Å². The highest BCUT2D eigenvalue weighted by molar-refractivity contribution is 5.86. The summed E-state index contributed by atoms with van der Waals surface area (Å²) in [7, 11) is 1.99. The molecule has 0 spiro atoms. The van der Waals surface area contributed by atoms with E-state index in [1.807, 2.05) is 7.05 Å². The third-order valence-corrected chi connectivity index (χ3v) is 4.65. The van der Waals surface area contributed by atoms with E-state index < -0.39 is 0 Å². The number of aliphatic hydroxyl groups excluding tert-OH is 1. The van der Waals surface area contributed by atoms with E-state index in [0.29, 0.717) is 13.1 Å². The van der Waals surface area contributed by atoms with Gasteiger partial charge in [-0.05, 0) is 12.8 Å². The summed E-state index contributed by atoms with van der Waals surface area (Å²) in [6.45, 7) is 2.06. The van der Waals surface area contributed by atoms with Gasteiger partial charge in [0.15, 0.2) is 11.5 Å². The zero-order valence-corrected chi connectivity index (χ0v) is 14.3. The lowest BCUT2D eigenvalue weighted by Gasteiger charge is -2.18. The second-order valence-electron chi connectivity index (χ2n) is 6.38. The Hall–Kier alpha value is -2.55. The second-order valence-corrected chi connectivity index (χ2v) is 6.38. The monoisotopic (exact) mass is 342 g/mol. The molecule has 1 aliphatic heterocycles. The van der Waals surface area contributed by atoms with Crippen LogP contribution in [0.3, 0.4) is 0 Å². The van der Waals surface area contributed by atoms with Crippen LogP contribution in [0, 0.1) is 0 Å². The number of hydrogen-bond donors (Lipinski definition) is 1. The molecule has 4 heterocycles. The summed E-state index contributed by atoms with van der Waals surface area (Å²) in [5.41, 5.74) is 0.728. The van der Waals surface area contributed by atoms with E-state index in [2.05, 4.69) is 34.7 Å². The molecule has 3 aromatic rings. The minimum Gasteiger partial charge on any atom is -0.394 e. The number of anilines is 1. The zero-order chi connectivity index (χ0) is 17.2. The maximum absolute atomic E-state index is 9.15. The summed E-state index contributed by atoms with van der Waals surface area (Å²) in [6, 6.07) is 0. The van der Waals surface area contributed by atoms with Crippen LogP contribution in [0.25, 0.3) is 11.0 Å². The van der Waals surface area contributed by atoms with E-state index in [-0.39, 0.29) is 6.61 Å². The van der Waals surface area contributed by atoms with Crippen LogP contribution in [0.4, 0.5) is 5.82 Å². The van der Waals surface area contributed by atoms with Gasteiger partial charge in [-0.3, -0.25) is 0 Å². The quantitative estimate of drug-likeness (QED) is 0.731. The minimum absolute atomic E-state index is 0.0256. The first-order valence-electron chi connectivity index (χ1n) is 8.67. The minimum atomic E-state index is 0.0256. The molecule has 3 aromatic heterocycles. The van der Waals surface area contributed by atoms with Gasteiger partial charge in [0, 0.05) is 20.0 Å². The zero-order valence-electron chi connectivity index (χ0n) is 14.3. The topological polar surface area (TPSA) is 97.8 Å². The average Bonchev–Trinajstić information content (AvgIpc) is 3.11. The van der Waals surface area contributed by atoms with Crippen LogP contribution in [-0.2, 0) is 26.1 Å². The average molecular weight is 342 g/mol. The number of aromatic nitrogens is 7. The molecule has 4 rings (SSSR count). The normalized spacial score (nSPS) is 14.5. The van der Waals surface area contributed by atoms with E-state index in [4.69, 9.17) is 5.11 Å². The van der Waals surface area contributed by atoms with Gasteiger partial charge >= 0.3 is 0 Å². The van der Waals surface area contributed by atoms with Crippen molar-refractivity contribution < 1.29 is 5.11 Å². The number of fused-ring (bicyclic) bond motifs is 2. The molecule has 0 saturated heterocycles. The lowest BCUT2D eigenvalue weighted by Crippen LogP contribution is -2.21. The molecule has 0 saturated carbocycles. The fourth-order valence-electron chi connectivity index (χ4n) is 3.39. The molecule has 0 fully saturated rings. The van der Waals surface area contributed by atoms with Gasteiger partial charge in [0.2, 0.25) is 0 Å². The predicted octanol–water partition coefficient (Wildman–Crippen LogP) is 0.773. The van der Waals surface area contributed by atoms with E-state index in [1.165, 1.54) is 25.6 Å². The molecule has 1 aliphatic rings. The molecule has 1 N–H and O–H groups in total. The van der Waals surface area contributed by atoms with Crippen molar-refractivity contribution in [3.05, 3.63) is 24.2 Å². The molecular weight excluding hydrogens is 320 g/mol. The molecule has 0 bridgehead atoms. The van der Waals surface area contributed by atoms with Crippen LogP contribution < -0.4 is 4.90 Å². The second kappa shape index (κ2) is 6.75. The van der Waals surface area contributed by atoms with Gasteiger partial charge in [-0.1, -0.05) is 6.42 Å². The van der Waals surface area contributed by atoms with Gasteiger partial charge in [-0.25, -0.2) is 14.6 Å². The van der Waals surface area contributed by atoms with E-state index >= 15 is 0 Å². The van der Waals surface area contributed by atoms with Crippen LogP contribution in [0.5, 0.6) is 0 Å². The summed E-state index contributed by atoms with van der Waals surface area (Å²) in [6.07, 6.45) is 7.89. The van der Waals surface area contributed by atoms with Gasteiger partial charge in [-0.15, -0.1) is 10.2 Å². The number of aliphatic hydroxyl groups is 1. The van der Waals surface area contributed by atoms with Crippen molar-refractivity contribution in [1.29, 1.82) is 0 Å². The summed E-state index contributed by atoms with van der Waals surface area (Å²) in [4.78, 5) is 10.8. The Morgan fingerprint density at radius 3 is 3.00 bits per heavy atom. The first-order chi connectivity index (χ1) is 12.3. The van der Waals surface area contributed by atoms with Gasteiger partial charge in [0.05, 0.1) is 31.3 Å². The van der Waals surface area contributed by atoms with Crippen LogP contribution >= 0.6 is 0 Å². The molecule has 0 aliphatic carbocycles. The number of rotatable bonds is 5. The third-order valence-electron chi connectivity index (χ3n) is 4.65. The van der Waals surface area contributed by atoms with Crippen LogP contribution in [0.15, 0.2) is 12.5 Å². The van der Waals surface area contributed by atoms with Gasteiger partial charge in [0.1, 0.15) is 18.0 Å². The van der Waals surface area contributed by atoms with Crippen molar-refractivity contribution in [3.8, 4) is 0 Å². The molecule has 0 amide bonds. The first kappa shape index (κ1) is 15.9. The predicted molar refractivity (Wildman–Crippen MR) is 92.1 cm³/mol. The SMILES string of the molecule is CN(Cc1nnc2n1CCCCC2)c1ncnc2c1cnn2CCO. The highest BCUT2D eigenvalue weighted by Crippen LogP contribution is 2.23. The standard InChI is InChI=1S/C16H22N8O/c1-22(10-14-21-20-13-5-3-2-4-6-23(13)14)15-12-9-19-24(7-8-25)16(12)18-11-17-15/h9,11,25H,2-8,10H2,1H3. The summed E-state index contributed by atoms with van der Waals surface area (Å²) in [5, 5.41) is 23.1. The van der Waals surface area contributed by atoms with Crippen molar-refractivity contribution in [3.63, 3.8) is 0 Å². The first-order valence-corrected chi connectivity index (χ1v) is 8.67. The number of hydrogen-bond acceptors (Lipinski definition) is 7. The summed E-state index contributed by atoms with van der Waals surface area (Å²) in [5.74, 6) is 2.86. The van der Waals surface area contributed by atoms with E-state index in [1.54, 1.807) is 10.9 Å². The lowest BCUT2D eigenvalue weighted by atomic mass is 10.2. The fraction of sp³-hybridized carbons (Fsp3) is 0.562. The van der Waals surface area contributed by atoms with Crippen LogP contribution in [0.1, 0.15) is 30.9 Å². The third kappa shape index (κ3) is 2.95. The van der Waals surface area contributed by atoms with Crippen LogP contribution in [-0.4, -0.2) is 53.3 Å². The fourth-order valence-corrected chi connectivity index (χ4v) is 3.39. The van der Waals surface area contributed by atoms with Gasteiger partial charge < -0.3 is 14.6 Å². The Kier molecular flexibility index (Phi) is 4.31. The molecule has 25 heavy (non-hydrogen) atoms. The Balaban J connectivity index is 1.62. The smallest absolute Gasteiger partial charge is 0.163 e. The maximum Gasteiger partial charge on any atom is 0.163 e. The highest BCUT2D eigenvalue weighted by Gasteiger charge is 2.18. The number of aryl methyl sites for hydroxylation is 1. The molecule has 0 unspecified atom stereocenters. The van der Waals surface area contributed by atoms with Gasteiger partial charge in [-0.2, -0.15) is 5.10 Å². The van der Waals surface area contributed by atoms with E-state index in [9.17, 15) is 0 Å². The molecule has 0 radical (unpaired) electrons.